The number of carboxylic acids is 1. The summed E-state index contributed by atoms with van der Waals surface area (Å²) in [6.45, 7) is 9.23. The second-order valence-corrected chi connectivity index (χ2v) is 15.5. The van der Waals surface area contributed by atoms with Gasteiger partial charge in [0.1, 0.15) is 35.8 Å². The van der Waals surface area contributed by atoms with E-state index in [4.69, 9.17) is 14.6 Å². The number of ether oxygens (including phenoxy) is 3. The van der Waals surface area contributed by atoms with Gasteiger partial charge in [-0.25, -0.2) is 14.4 Å². The number of benzene rings is 1. The highest BCUT2D eigenvalue weighted by atomic mass is 16.6. The lowest BCUT2D eigenvalue weighted by atomic mass is 10.0. The minimum absolute atomic E-state index is 0.102. The van der Waals surface area contributed by atoms with Crippen LogP contribution >= 0.6 is 0 Å². The van der Waals surface area contributed by atoms with E-state index in [-0.39, 0.29) is 44.6 Å². The van der Waals surface area contributed by atoms with Crippen molar-refractivity contribution in [1.29, 1.82) is 0 Å². The first kappa shape index (κ1) is 52.7. The van der Waals surface area contributed by atoms with Crippen LogP contribution in [0.25, 0.3) is 0 Å². The molecule has 340 valence electrons. The number of hydrogen-bond acceptors (Lipinski definition) is 13. The number of methoxy groups -OCH3 is 2. The van der Waals surface area contributed by atoms with Crippen LogP contribution in [0.2, 0.25) is 0 Å². The largest absolute Gasteiger partial charge is 0.481 e. The van der Waals surface area contributed by atoms with Crippen molar-refractivity contribution in [3.8, 4) is 0 Å². The predicted octanol–water partition coefficient (Wildman–Crippen LogP) is -0.307. The van der Waals surface area contributed by atoms with Crippen LogP contribution in [-0.2, 0) is 63.8 Å². The van der Waals surface area contributed by atoms with Crippen molar-refractivity contribution in [3.05, 3.63) is 35.9 Å². The number of carbonyl (C=O) groups excluding carboxylic acids is 9. The Balaban J connectivity index is 2.76. The third-order valence-electron chi connectivity index (χ3n) is 8.51. The number of alkyl carbamates (subject to hydrolysis) is 1. The van der Waals surface area contributed by atoms with Gasteiger partial charge in [-0.3, -0.25) is 33.6 Å². The Kier molecular flexibility index (Phi) is 22.5. The molecule has 0 fully saturated rings. The number of likely N-dealkylation sites (N-methyl/N-ethyl adjacent to an activating group) is 1. The SMILES string of the molecule is COC(=O)[C@@H](CCC(=O)N(C)CC(=O)N[C@H](C)C(=O)N[C@@H](CC(C)C)C(=O)N[C@H](CC(=O)O)C(=O)OC)NC(=O)CCNC(=O)[C@H](Cc1ccccc1)NC(=O)OC(C)(C)C. The first-order valence-corrected chi connectivity index (χ1v) is 19.6. The molecular weight excluding hydrogens is 802 g/mol. The zero-order chi connectivity index (χ0) is 46.4. The molecule has 1 aromatic carbocycles. The maximum Gasteiger partial charge on any atom is 0.408 e. The molecule has 21 heteroatoms. The van der Waals surface area contributed by atoms with Gasteiger partial charge in [-0.2, -0.15) is 0 Å². The zero-order valence-electron chi connectivity index (χ0n) is 36.2. The molecule has 0 unspecified atom stereocenters. The van der Waals surface area contributed by atoms with E-state index in [1.807, 2.05) is 0 Å². The van der Waals surface area contributed by atoms with Crippen molar-refractivity contribution in [1.82, 2.24) is 36.8 Å². The van der Waals surface area contributed by atoms with Gasteiger partial charge in [-0.05, 0) is 52.0 Å². The van der Waals surface area contributed by atoms with Crippen LogP contribution in [-0.4, -0.2) is 140 Å². The summed E-state index contributed by atoms with van der Waals surface area (Å²) in [5.41, 5.74) is -0.0451. The van der Waals surface area contributed by atoms with Crippen molar-refractivity contribution in [2.45, 2.75) is 116 Å². The zero-order valence-corrected chi connectivity index (χ0v) is 36.2. The van der Waals surface area contributed by atoms with Gasteiger partial charge < -0.3 is 56.1 Å². The van der Waals surface area contributed by atoms with E-state index < -0.39 is 108 Å². The van der Waals surface area contributed by atoms with Gasteiger partial charge in [-0.15, -0.1) is 0 Å². The molecule has 0 saturated heterocycles. The van der Waals surface area contributed by atoms with Crippen molar-refractivity contribution in [2.75, 3.05) is 34.4 Å². The number of nitrogens with zero attached hydrogens (tertiary/aromatic N) is 1. The van der Waals surface area contributed by atoms with Crippen molar-refractivity contribution < 1.29 is 67.3 Å². The molecule has 0 aliphatic heterocycles. The summed E-state index contributed by atoms with van der Waals surface area (Å²) in [5.74, 6) is -7.53. The van der Waals surface area contributed by atoms with Gasteiger partial charge in [0.25, 0.3) is 0 Å². The maximum absolute atomic E-state index is 13.1. The molecule has 0 bridgehead atoms. The van der Waals surface area contributed by atoms with Crippen molar-refractivity contribution >= 4 is 59.4 Å². The Labute approximate surface area is 355 Å². The van der Waals surface area contributed by atoms with Crippen molar-refractivity contribution in [2.24, 2.45) is 5.92 Å². The molecule has 1 aromatic rings. The van der Waals surface area contributed by atoms with Gasteiger partial charge in [0.15, 0.2) is 0 Å². The average Bonchev–Trinajstić information content (AvgIpc) is 3.16. The summed E-state index contributed by atoms with van der Waals surface area (Å²) in [4.78, 5) is 127. The normalized spacial score (nSPS) is 13.4. The lowest BCUT2D eigenvalue weighted by Gasteiger charge is -2.25. The standard InChI is InChI=1S/C40H61N7O14/c1-23(2)19-27(36(55)45-29(21-33(51)52)38(57)60-9)44-34(53)24(3)42-31(49)22-47(7)32(50)16-15-26(37(56)59-8)43-30(48)17-18-41-35(54)28(20-25-13-11-10-12-14-25)46-39(58)61-40(4,5)6/h10-14,23-24,26-29H,15-22H2,1-9H3,(H,41,54)(H,42,49)(H,43,48)(H,44,53)(H,45,55)(H,46,58)(H,51,52)/t24-,26-,27+,28+,29-/m1/s1. The predicted molar refractivity (Wildman–Crippen MR) is 217 cm³/mol. The second-order valence-electron chi connectivity index (χ2n) is 15.5. The summed E-state index contributed by atoms with van der Waals surface area (Å²) >= 11 is 0. The molecule has 0 aliphatic carbocycles. The maximum atomic E-state index is 13.1. The summed E-state index contributed by atoms with van der Waals surface area (Å²) in [6.07, 6.45) is -2.11. The highest BCUT2D eigenvalue weighted by Gasteiger charge is 2.31. The van der Waals surface area contributed by atoms with Crippen LogP contribution in [0.3, 0.4) is 0 Å². The minimum Gasteiger partial charge on any atom is -0.481 e. The molecule has 0 aliphatic rings. The molecule has 7 N–H and O–H groups in total. The molecule has 0 saturated carbocycles. The van der Waals surface area contributed by atoms with E-state index >= 15 is 0 Å². The first-order valence-electron chi connectivity index (χ1n) is 19.6. The molecule has 0 aromatic heterocycles. The van der Waals surface area contributed by atoms with E-state index in [1.165, 1.54) is 14.0 Å². The fourth-order valence-corrected chi connectivity index (χ4v) is 5.49. The number of carbonyl (C=O) groups is 10. The molecule has 5 atom stereocenters. The van der Waals surface area contributed by atoms with Gasteiger partial charge in [0.2, 0.25) is 35.4 Å². The van der Waals surface area contributed by atoms with Crippen LogP contribution in [0.5, 0.6) is 0 Å². The average molecular weight is 864 g/mol. The molecule has 7 amide bonds. The lowest BCUT2D eigenvalue weighted by Crippen LogP contribution is -2.56. The summed E-state index contributed by atoms with van der Waals surface area (Å²) in [7, 11) is 3.43. The Morgan fingerprint density at radius 1 is 0.705 bits per heavy atom. The second kappa shape index (κ2) is 26.0. The fourth-order valence-electron chi connectivity index (χ4n) is 5.49. The highest BCUT2D eigenvalue weighted by molar-refractivity contribution is 5.95. The molecule has 61 heavy (non-hydrogen) atoms. The summed E-state index contributed by atoms with van der Waals surface area (Å²) < 4.78 is 14.6. The van der Waals surface area contributed by atoms with Crippen LogP contribution in [0.4, 0.5) is 4.79 Å². The monoisotopic (exact) mass is 863 g/mol. The topological polar surface area (TPSA) is 294 Å². The molecule has 21 nitrogen and oxygen atoms in total. The molecule has 0 radical (unpaired) electrons. The Bertz CT molecular complexity index is 1700. The smallest absolute Gasteiger partial charge is 0.408 e. The number of carboxylic acid groups (broad SMARTS) is 1. The first-order chi connectivity index (χ1) is 28.5. The third-order valence-corrected chi connectivity index (χ3v) is 8.51. The van der Waals surface area contributed by atoms with Crippen LogP contribution < -0.4 is 31.9 Å². The number of nitrogens with one attached hydrogen (secondary N) is 6. The van der Waals surface area contributed by atoms with E-state index in [0.717, 1.165) is 24.7 Å². The van der Waals surface area contributed by atoms with Crippen molar-refractivity contribution in [3.63, 3.8) is 0 Å². The molecule has 0 spiro atoms. The lowest BCUT2D eigenvalue weighted by molar-refractivity contribution is -0.149. The van der Waals surface area contributed by atoms with Crippen LogP contribution in [0.15, 0.2) is 30.3 Å². The highest BCUT2D eigenvalue weighted by Crippen LogP contribution is 2.10. The van der Waals surface area contributed by atoms with Gasteiger partial charge in [-0.1, -0.05) is 44.2 Å². The quantitative estimate of drug-likeness (QED) is 0.0519. The van der Waals surface area contributed by atoms with Crippen LogP contribution in [0, 0.1) is 5.92 Å². The van der Waals surface area contributed by atoms with E-state index in [0.29, 0.717) is 0 Å². The summed E-state index contributed by atoms with van der Waals surface area (Å²) in [5, 5.41) is 23.9. The molecular formula is C40H61N7O14. The fraction of sp³-hybridized carbons (Fsp3) is 0.600. The third kappa shape index (κ3) is 21.5. The van der Waals surface area contributed by atoms with Gasteiger partial charge in [0.05, 0.1) is 27.2 Å². The Morgan fingerprint density at radius 2 is 1.30 bits per heavy atom. The van der Waals surface area contributed by atoms with Gasteiger partial charge >= 0.3 is 24.0 Å². The van der Waals surface area contributed by atoms with E-state index in [9.17, 15) is 47.9 Å². The molecule has 0 heterocycles. The Hall–Kier alpha value is -6.28. The number of amides is 7. The number of aliphatic carboxylic acids is 1. The number of hydrogen-bond donors (Lipinski definition) is 7. The minimum atomic E-state index is -1.51. The van der Waals surface area contributed by atoms with Crippen LogP contribution in [0.1, 0.15) is 79.2 Å². The van der Waals surface area contributed by atoms with E-state index in [1.54, 1.807) is 65.0 Å². The number of rotatable bonds is 24. The molecule has 1 rings (SSSR count). The van der Waals surface area contributed by atoms with Gasteiger partial charge in [0, 0.05) is 32.9 Å². The Morgan fingerprint density at radius 3 is 1.85 bits per heavy atom. The number of esters is 2. The summed E-state index contributed by atoms with van der Waals surface area (Å²) in [6, 6.07) is 2.74. The van der Waals surface area contributed by atoms with E-state index in [2.05, 4.69) is 36.6 Å².